The molecule has 1 aliphatic heterocycles. The first-order valence-electron chi connectivity index (χ1n) is 8.72. The Hall–Kier alpha value is -2.78. The summed E-state index contributed by atoms with van der Waals surface area (Å²) < 4.78 is 0. The summed E-state index contributed by atoms with van der Waals surface area (Å²) in [4.78, 5) is 2.42. The molecule has 0 radical (unpaired) electrons. The van der Waals surface area contributed by atoms with Crippen LogP contribution < -0.4 is 4.90 Å². The quantitative estimate of drug-likeness (QED) is 0.713. The number of hydrogen-bond donors (Lipinski definition) is 1. The third-order valence-corrected chi connectivity index (χ3v) is 5.32. The van der Waals surface area contributed by atoms with Crippen molar-refractivity contribution in [3.63, 3.8) is 0 Å². The molecule has 2 aliphatic rings. The van der Waals surface area contributed by atoms with Gasteiger partial charge in [-0.25, -0.2) is 0 Å². The minimum Gasteiger partial charge on any atom is -0.449 e. The lowest BCUT2D eigenvalue weighted by Gasteiger charge is -2.29. The molecule has 0 bridgehead atoms. The first kappa shape index (κ1) is 14.6. The van der Waals surface area contributed by atoms with Crippen LogP contribution in [0.15, 0.2) is 90.4 Å². The van der Waals surface area contributed by atoms with Crippen LogP contribution in [0, 0.1) is 0 Å². The minimum atomic E-state index is 0.0884. The summed E-state index contributed by atoms with van der Waals surface area (Å²) in [5.74, 6) is 0.258. The monoisotopic (exact) mass is 323 g/mol. The second-order valence-corrected chi connectivity index (χ2v) is 6.70. The molecule has 120 valence electrons. The Balaban J connectivity index is 1.79. The molecule has 1 N–H and O–H groups in total. The highest BCUT2D eigenvalue weighted by Crippen LogP contribution is 2.50. The second-order valence-electron chi connectivity index (χ2n) is 6.70. The number of anilines is 2. The molecule has 5 rings (SSSR count). The van der Waals surface area contributed by atoms with Gasteiger partial charge in [0.2, 0.25) is 0 Å². The highest BCUT2D eigenvalue weighted by atomic mass is 16.2. The lowest BCUT2D eigenvalue weighted by molar-refractivity contribution is 0.610. The van der Waals surface area contributed by atoms with E-state index in [1.165, 1.54) is 27.7 Å². The van der Waals surface area contributed by atoms with Gasteiger partial charge in [0, 0.05) is 17.3 Å². The maximum atomic E-state index is 9.62. The summed E-state index contributed by atoms with van der Waals surface area (Å²) in [5.41, 5.74) is 4.83. The zero-order chi connectivity index (χ0) is 16.8. The van der Waals surface area contributed by atoms with E-state index in [9.17, 15) is 5.02 Å². The minimum absolute atomic E-state index is 0.0884. The lowest BCUT2D eigenvalue weighted by atomic mass is 9.77. The van der Waals surface area contributed by atoms with E-state index in [4.69, 9.17) is 0 Å². The van der Waals surface area contributed by atoms with Gasteiger partial charge in [-0.1, -0.05) is 72.2 Å². The van der Waals surface area contributed by atoms with Crippen LogP contribution in [-0.4, -0.2) is 18.5 Å². The molecule has 2 nitrogen and oxygen atoms in total. The van der Waals surface area contributed by atoms with Gasteiger partial charge >= 0.3 is 7.48 Å². The van der Waals surface area contributed by atoms with Crippen LogP contribution >= 0.6 is 0 Å². The summed E-state index contributed by atoms with van der Waals surface area (Å²) in [7, 11) is 0.0884. The van der Waals surface area contributed by atoms with E-state index in [1.54, 1.807) is 0 Å². The highest BCUT2D eigenvalue weighted by molar-refractivity contribution is 6.37. The third-order valence-electron chi connectivity index (χ3n) is 5.32. The predicted molar refractivity (Wildman–Crippen MR) is 106 cm³/mol. The molecule has 0 aromatic heterocycles. The van der Waals surface area contributed by atoms with Gasteiger partial charge in [0.05, 0.1) is 6.04 Å². The molecule has 3 heteroatoms. The molecule has 25 heavy (non-hydrogen) atoms. The van der Waals surface area contributed by atoms with Gasteiger partial charge < -0.3 is 9.92 Å². The van der Waals surface area contributed by atoms with E-state index in [1.807, 2.05) is 0 Å². The fourth-order valence-corrected chi connectivity index (χ4v) is 4.24. The predicted octanol–water partition coefficient (Wildman–Crippen LogP) is 4.24. The molecule has 3 aromatic rings. The molecule has 0 saturated heterocycles. The Bertz CT molecular complexity index is 1010. The van der Waals surface area contributed by atoms with Crippen molar-refractivity contribution in [1.29, 1.82) is 0 Å². The number of allylic oxidation sites excluding steroid dienone is 2. The molecule has 0 spiro atoms. The van der Waals surface area contributed by atoms with E-state index < -0.39 is 0 Å². The van der Waals surface area contributed by atoms with Gasteiger partial charge in [-0.3, -0.25) is 0 Å². The third kappa shape index (κ3) is 2.16. The number of para-hydroxylation sites is 1. The molecule has 0 fully saturated rings. The Morgan fingerprint density at radius 1 is 0.880 bits per heavy atom. The van der Waals surface area contributed by atoms with Gasteiger partial charge in [0.1, 0.15) is 0 Å². The molecule has 2 atom stereocenters. The number of benzene rings is 3. The van der Waals surface area contributed by atoms with E-state index in [2.05, 4.69) is 89.9 Å². The van der Waals surface area contributed by atoms with Gasteiger partial charge in [-0.2, -0.15) is 0 Å². The number of rotatable bonds is 2. The normalized spacial score (nSPS) is 21.0. The molecular weight excluding hydrogens is 305 g/mol. The Morgan fingerprint density at radius 3 is 2.52 bits per heavy atom. The first-order valence-corrected chi connectivity index (χ1v) is 8.72. The molecule has 2 unspecified atom stereocenters. The largest absolute Gasteiger partial charge is 0.449 e. The smallest absolute Gasteiger partial charge is 0.304 e. The van der Waals surface area contributed by atoms with Crippen LogP contribution in [-0.2, 0) is 0 Å². The molecule has 3 aromatic carbocycles. The van der Waals surface area contributed by atoms with Crippen molar-refractivity contribution in [2.45, 2.75) is 12.0 Å². The topological polar surface area (TPSA) is 23.5 Å². The molecular formula is C22H18BNO. The van der Waals surface area contributed by atoms with E-state index in [0.29, 0.717) is 0 Å². The van der Waals surface area contributed by atoms with Crippen LogP contribution in [0.25, 0.3) is 10.8 Å². The summed E-state index contributed by atoms with van der Waals surface area (Å²) >= 11 is 0. The lowest BCUT2D eigenvalue weighted by Crippen LogP contribution is -2.29. The van der Waals surface area contributed by atoms with Crippen molar-refractivity contribution >= 4 is 29.6 Å². The maximum Gasteiger partial charge on any atom is 0.304 e. The second kappa shape index (κ2) is 5.64. The van der Waals surface area contributed by atoms with E-state index in [0.717, 1.165) is 5.47 Å². The standard InChI is InChI=1S/C22H18BNO/c25-23-16-11-13-20-19(14-16)22-18-9-5-4-6-15(18)10-12-21(22)24(20)17-7-2-1-3-8-17/h1-14,19-20,23,25H. The average molecular weight is 323 g/mol. The van der Waals surface area contributed by atoms with E-state index in [-0.39, 0.29) is 19.4 Å². The van der Waals surface area contributed by atoms with Gasteiger partial charge in [0.25, 0.3) is 0 Å². The average Bonchev–Trinajstić information content (AvgIpc) is 3.02. The van der Waals surface area contributed by atoms with Crippen molar-refractivity contribution in [1.82, 2.24) is 0 Å². The van der Waals surface area contributed by atoms with Crippen LogP contribution in [0.4, 0.5) is 11.4 Å². The molecule has 0 amide bonds. The van der Waals surface area contributed by atoms with Crippen molar-refractivity contribution in [3.05, 3.63) is 96.0 Å². The van der Waals surface area contributed by atoms with Crippen LogP contribution in [0.2, 0.25) is 0 Å². The van der Waals surface area contributed by atoms with Gasteiger partial charge in [-0.05, 0) is 34.5 Å². The SMILES string of the molecule is OBC1=CC2c3c(ccc4ccccc34)N(c3ccccc3)C2C=C1. The summed E-state index contributed by atoms with van der Waals surface area (Å²) in [6, 6.07) is 23.8. The van der Waals surface area contributed by atoms with Gasteiger partial charge in [0.15, 0.2) is 0 Å². The first-order chi connectivity index (χ1) is 12.4. The van der Waals surface area contributed by atoms with Crippen LogP contribution in [0.1, 0.15) is 11.5 Å². The summed E-state index contributed by atoms with van der Waals surface area (Å²) in [6.07, 6.45) is 6.53. The van der Waals surface area contributed by atoms with Crippen molar-refractivity contribution < 1.29 is 5.02 Å². The van der Waals surface area contributed by atoms with Crippen molar-refractivity contribution in [2.75, 3.05) is 4.90 Å². The summed E-state index contributed by atoms with van der Waals surface area (Å²) in [6.45, 7) is 0. The van der Waals surface area contributed by atoms with Crippen LogP contribution in [0.5, 0.6) is 0 Å². The maximum absolute atomic E-state index is 9.62. The Kier molecular flexibility index (Phi) is 3.29. The van der Waals surface area contributed by atoms with Crippen LogP contribution in [0.3, 0.4) is 0 Å². The molecule has 0 saturated carbocycles. The number of nitrogens with zero attached hydrogens (tertiary/aromatic N) is 1. The molecule has 1 heterocycles. The highest BCUT2D eigenvalue weighted by Gasteiger charge is 2.39. The zero-order valence-corrected chi connectivity index (χ0v) is 13.8. The van der Waals surface area contributed by atoms with Crippen molar-refractivity contribution in [2.24, 2.45) is 0 Å². The number of hydrogen-bond acceptors (Lipinski definition) is 2. The Labute approximate surface area is 148 Å². The summed E-state index contributed by atoms with van der Waals surface area (Å²) in [5, 5.41) is 12.2. The zero-order valence-electron chi connectivity index (χ0n) is 13.8. The van der Waals surface area contributed by atoms with Gasteiger partial charge in [-0.15, -0.1) is 0 Å². The Morgan fingerprint density at radius 2 is 1.68 bits per heavy atom. The fraction of sp³-hybridized carbons (Fsp3) is 0.0909. The fourth-order valence-electron chi connectivity index (χ4n) is 4.24. The van der Waals surface area contributed by atoms with E-state index >= 15 is 0 Å². The van der Waals surface area contributed by atoms with Crippen molar-refractivity contribution in [3.8, 4) is 0 Å². The number of fused-ring (bicyclic) bond motifs is 5. The molecule has 1 aliphatic carbocycles.